The van der Waals surface area contributed by atoms with Gasteiger partial charge in [-0.2, -0.15) is 0 Å². The Morgan fingerprint density at radius 3 is 1.65 bits per heavy atom. The third kappa shape index (κ3) is 5.02. The summed E-state index contributed by atoms with van der Waals surface area (Å²) in [7, 11) is 0. The Morgan fingerprint density at radius 1 is 0.596 bits per heavy atom. The van der Waals surface area contributed by atoms with Crippen LogP contribution in [0.5, 0.6) is 0 Å². The first-order chi connectivity index (χ1) is 25.3. The molecule has 2 aromatic heterocycles. The van der Waals surface area contributed by atoms with Gasteiger partial charge in [0.05, 0.1) is 16.1 Å². The fraction of sp³-hybridized carbons (Fsp3) is 0.0682. The standard InChI is InChI=1S/C44H31N3O3S2/c1-44(2)36-25-32(45(28-15-7-3-8-16-28)29-17-9-4-10-18-29)23-24-34(36)39-38(44)40-37(52-39)27-33(51-40)26-35-41(48)46(30-19-11-5-12-20-30)43(50)47(42(35)49)31-21-13-6-14-22-31/h3-27H,1-2H3. The summed E-state index contributed by atoms with van der Waals surface area (Å²) < 4.78 is 2.25. The number of carbonyl (C=O) groups excluding carboxylic acids is 3. The molecule has 5 aromatic carbocycles. The number of anilines is 5. The van der Waals surface area contributed by atoms with E-state index in [9.17, 15) is 14.4 Å². The highest BCUT2D eigenvalue weighted by molar-refractivity contribution is 7.30. The van der Waals surface area contributed by atoms with E-state index in [-0.39, 0.29) is 11.0 Å². The van der Waals surface area contributed by atoms with Crippen LogP contribution in [0.15, 0.2) is 151 Å². The normalized spacial score (nSPS) is 14.9. The van der Waals surface area contributed by atoms with Gasteiger partial charge in [0.2, 0.25) is 0 Å². The van der Waals surface area contributed by atoms with Crippen LogP contribution in [0.1, 0.15) is 29.9 Å². The zero-order valence-corrected chi connectivity index (χ0v) is 29.9. The molecule has 1 fully saturated rings. The number of carbonyl (C=O) groups is 3. The van der Waals surface area contributed by atoms with E-state index < -0.39 is 17.8 Å². The van der Waals surface area contributed by atoms with Gasteiger partial charge in [0, 0.05) is 36.9 Å². The van der Waals surface area contributed by atoms with Gasteiger partial charge in [-0.3, -0.25) is 9.59 Å². The molecule has 4 amide bonds. The molecular weight excluding hydrogens is 683 g/mol. The molecule has 3 heterocycles. The summed E-state index contributed by atoms with van der Waals surface area (Å²) in [5, 5.41) is 0. The predicted octanol–water partition coefficient (Wildman–Crippen LogP) is 11.3. The molecule has 0 radical (unpaired) electrons. The molecule has 0 spiro atoms. The fourth-order valence-electron chi connectivity index (χ4n) is 7.34. The summed E-state index contributed by atoms with van der Waals surface area (Å²) in [5.74, 6) is -1.28. The monoisotopic (exact) mass is 713 g/mol. The second-order valence-corrected chi connectivity index (χ2v) is 15.4. The molecular formula is C44H31N3O3S2. The number of fused-ring (bicyclic) bond motifs is 5. The van der Waals surface area contributed by atoms with E-state index in [1.807, 2.05) is 24.3 Å². The molecule has 0 unspecified atom stereocenters. The summed E-state index contributed by atoms with van der Waals surface area (Å²) in [4.78, 5) is 48.3. The van der Waals surface area contributed by atoms with Crippen molar-refractivity contribution in [1.29, 1.82) is 0 Å². The van der Waals surface area contributed by atoms with Gasteiger partial charge < -0.3 is 4.90 Å². The van der Waals surface area contributed by atoms with E-state index >= 15 is 0 Å². The van der Waals surface area contributed by atoms with Crippen LogP contribution in [0.25, 0.3) is 25.9 Å². The SMILES string of the molecule is CC1(C)c2cc(N(c3ccccc3)c3ccccc3)ccc2-c2sc3cc(C=C4C(=O)N(c5ccccc5)C(=O)N(c5ccccc5)C4=O)sc3c21. The van der Waals surface area contributed by atoms with Crippen molar-refractivity contribution in [2.75, 3.05) is 14.7 Å². The molecule has 8 heteroatoms. The van der Waals surface area contributed by atoms with Crippen molar-refractivity contribution in [3.8, 4) is 10.4 Å². The summed E-state index contributed by atoms with van der Waals surface area (Å²) >= 11 is 3.32. The summed E-state index contributed by atoms with van der Waals surface area (Å²) in [6.45, 7) is 4.55. The van der Waals surface area contributed by atoms with Crippen LogP contribution in [0, 0.1) is 0 Å². The highest BCUT2D eigenvalue weighted by Gasteiger charge is 2.44. The van der Waals surface area contributed by atoms with Crippen LogP contribution in [0.2, 0.25) is 0 Å². The van der Waals surface area contributed by atoms with Gasteiger partial charge in [0.25, 0.3) is 11.8 Å². The van der Waals surface area contributed by atoms with E-state index in [2.05, 4.69) is 91.5 Å². The Labute approximate surface area is 309 Å². The quantitative estimate of drug-likeness (QED) is 0.127. The highest BCUT2D eigenvalue weighted by Crippen LogP contribution is 2.58. The van der Waals surface area contributed by atoms with Gasteiger partial charge in [0.15, 0.2) is 0 Å². The van der Waals surface area contributed by atoms with Crippen LogP contribution in [0.4, 0.5) is 33.2 Å². The van der Waals surface area contributed by atoms with Crippen LogP contribution in [-0.4, -0.2) is 17.8 Å². The van der Waals surface area contributed by atoms with Gasteiger partial charge in [-0.15, -0.1) is 22.7 Å². The highest BCUT2D eigenvalue weighted by atomic mass is 32.1. The van der Waals surface area contributed by atoms with Gasteiger partial charge in [-0.1, -0.05) is 92.7 Å². The number of imide groups is 2. The number of barbiturate groups is 1. The lowest BCUT2D eigenvalue weighted by Gasteiger charge is -2.33. The van der Waals surface area contributed by atoms with Crippen molar-refractivity contribution in [2.45, 2.75) is 19.3 Å². The minimum Gasteiger partial charge on any atom is -0.310 e. The van der Waals surface area contributed by atoms with Crippen molar-refractivity contribution in [2.24, 2.45) is 0 Å². The molecule has 0 bridgehead atoms. The molecule has 1 aliphatic heterocycles. The molecule has 1 aliphatic carbocycles. The van der Waals surface area contributed by atoms with Crippen LogP contribution in [-0.2, 0) is 15.0 Å². The maximum atomic E-state index is 14.0. The first kappa shape index (κ1) is 31.9. The number of para-hydroxylation sites is 4. The lowest BCUT2D eigenvalue weighted by molar-refractivity contribution is -0.121. The molecule has 0 N–H and O–H groups in total. The molecule has 52 heavy (non-hydrogen) atoms. The van der Waals surface area contributed by atoms with E-state index in [1.165, 1.54) is 21.6 Å². The van der Waals surface area contributed by atoms with Crippen molar-refractivity contribution >= 4 is 84.4 Å². The van der Waals surface area contributed by atoms with Gasteiger partial charge >= 0.3 is 6.03 Å². The van der Waals surface area contributed by atoms with Gasteiger partial charge in [-0.25, -0.2) is 14.6 Å². The number of amides is 4. The van der Waals surface area contributed by atoms with E-state index in [0.717, 1.165) is 41.1 Å². The van der Waals surface area contributed by atoms with Crippen molar-refractivity contribution in [1.82, 2.24) is 0 Å². The topological polar surface area (TPSA) is 60.9 Å². The smallest absolute Gasteiger partial charge is 0.310 e. The minimum atomic E-state index is -0.702. The number of benzene rings is 5. The average molecular weight is 714 g/mol. The first-order valence-corrected chi connectivity index (χ1v) is 18.6. The maximum absolute atomic E-state index is 14.0. The molecule has 2 aliphatic rings. The van der Waals surface area contributed by atoms with E-state index in [1.54, 1.807) is 77.3 Å². The Kier molecular flexibility index (Phi) is 7.54. The maximum Gasteiger partial charge on any atom is 0.343 e. The van der Waals surface area contributed by atoms with Crippen molar-refractivity contribution < 1.29 is 14.4 Å². The summed E-state index contributed by atoms with van der Waals surface area (Å²) in [6.07, 6.45) is 1.65. The van der Waals surface area contributed by atoms with Crippen LogP contribution in [0.3, 0.4) is 0 Å². The number of thiophene rings is 2. The number of nitrogens with zero attached hydrogens (tertiary/aromatic N) is 3. The Balaban J connectivity index is 1.12. The fourth-order valence-corrected chi connectivity index (χ4v) is 10.3. The molecule has 6 nitrogen and oxygen atoms in total. The third-order valence-corrected chi connectivity index (χ3v) is 12.2. The largest absolute Gasteiger partial charge is 0.343 e. The summed E-state index contributed by atoms with van der Waals surface area (Å²) in [5.41, 5.74) is 7.44. The number of hydrogen-bond donors (Lipinski definition) is 0. The minimum absolute atomic E-state index is 0.0630. The van der Waals surface area contributed by atoms with Gasteiger partial charge in [0.1, 0.15) is 5.57 Å². The lowest BCUT2D eigenvalue weighted by Crippen LogP contribution is -2.57. The van der Waals surface area contributed by atoms with Crippen LogP contribution < -0.4 is 14.7 Å². The molecule has 0 saturated carbocycles. The number of rotatable bonds is 6. The van der Waals surface area contributed by atoms with Crippen molar-refractivity contribution in [3.05, 3.63) is 167 Å². The number of urea groups is 1. The lowest BCUT2D eigenvalue weighted by atomic mass is 9.82. The Morgan fingerprint density at radius 2 is 1.12 bits per heavy atom. The Bertz CT molecular complexity index is 2450. The molecule has 1 saturated heterocycles. The van der Waals surface area contributed by atoms with Gasteiger partial charge in [-0.05, 0) is 89.5 Å². The van der Waals surface area contributed by atoms with Crippen molar-refractivity contribution in [3.63, 3.8) is 0 Å². The zero-order chi connectivity index (χ0) is 35.6. The predicted molar refractivity (Wildman–Crippen MR) is 213 cm³/mol. The molecule has 252 valence electrons. The zero-order valence-electron chi connectivity index (χ0n) is 28.3. The summed E-state index contributed by atoms with van der Waals surface area (Å²) in [6, 6.07) is 46.4. The molecule has 9 rings (SSSR count). The first-order valence-electron chi connectivity index (χ1n) is 17.0. The molecule has 7 aromatic rings. The number of hydrogen-bond acceptors (Lipinski definition) is 6. The molecule has 0 atom stereocenters. The average Bonchev–Trinajstić information content (AvgIpc) is 3.79. The van der Waals surface area contributed by atoms with Crippen LogP contribution >= 0.6 is 22.7 Å². The van der Waals surface area contributed by atoms with E-state index in [0.29, 0.717) is 11.4 Å². The van der Waals surface area contributed by atoms with E-state index in [4.69, 9.17) is 0 Å². The second kappa shape index (κ2) is 12.3. The Hall–Kier alpha value is -6.09. The second-order valence-electron chi connectivity index (χ2n) is 13.3. The third-order valence-electron chi connectivity index (χ3n) is 9.78.